The molecular weight excluding hydrogens is 304 g/mol. The summed E-state index contributed by atoms with van der Waals surface area (Å²) in [6, 6.07) is 12.1. The molecule has 0 saturated carbocycles. The van der Waals surface area contributed by atoms with Crippen LogP contribution in [0.5, 0.6) is 5.75 Å². The fourth-order valence-corrected chi connectivity index (χ4v) is 2.40. The average Bonchev–Trinajstić information content (AvgIpc) is 2.79. The number of aryl methyl sites for hydroxylation is 1. The van der Waals surface area contributed by atoms with Crippen molar-refractivity contribution in [3.63, 3.8) is 0 Å². The van der Waals surface area contributed by atoms with Crippen LogP contribution in [0.4, 0.5) is 0 Å². The lowest BCUT2D eigenvalue weighted by Crippen LogP contribution is -1.98. The molecule has 0 atom stereocenters. The minimum absolute atomic E-state index is 0.541. The van der Waals surface area contributed by atoms with Gasteiger partial charge in [0, 0.05) is 22.6 Å². The summed E-state index contributed by atoms with van der Waals surface area (Å²) in [5.41, 5.74) is 3.07. The van der Waals surface area contributed by atoms with Gasteiger partial charge in [0.1, 0.15) is 6.61 Å². The van der Waals surface area contributed by atoms with E-state index >= 15 is 0 Å². The van der Waals surface area contributed by atoms with Gasteiger partial charge in [-0.15, -0.1) is 0 Å². The molecule has 3 aromatic rings. The summed E-state index contributed by atoms with van der Waals surface area (Å²) < 4.78 is 8.88. The number of nitrogens with zero attached hydrogens (tertiary/aromatic N) is 2. The van der Waals surface area contributed by atoms with Gasteiger partial charge in [-0.3, -0.25) is 0 Å². The van der Waals surface area contributed by atoms with Crippen molar-refractivity contribution in [3.05, 3.63) is 64.5 Å². The van der Waals surface area contributed by atoms with Crippen LogP contribution < -0.4 is 4.74 Å². The number of ether oxygens (including phenoxy) is 1. The largest absolute Gasteiger partial charge is 0.485 e. The normalized spacial score (nSPS) is 10.8. The summed E-state index contributed by atoms with van der Waals surface area (Å²) in [5, 5.41) is 0. The summed E-state index contributed by atoms with van der Waals surface area (Å²) in [6.07, 6.45) is 3.84. The highest BCUT2D eigenvalue weighted by Gasteiger charge is 2.08. The van der Waals surface area contributed by atoms with Crippen LogP contribution in [0, 0.1) is 6.92 Å². The van der Waals surface area contributed by atoms with Gasteiger partial charge in [0.05, 0.1) is 0 Å². The number of benzene rings is 1. The molecule has 4 heteroatoms. The molecule has 1 aromatic carbocycles. The van der Waals surface area contributed by atoms with Crippen molar-refractivity contribution in [1.29, 1.82) is 0 Å². The van der Waals surface area contributed by atoms with E-state index in [4.69, 9.17) is 4.74 Å². The molecule has 2 aromatic heterocycles. The second-order valence-electron chi connectivity index (χ2n) is 4.39. The van der Waals surface area contributed by atoms with E-state index in [0.29, 0.717) is 6.61 Å². The first-order valence-electron chi connectivity index (χ1n) is 6.04. The van der Waals surface area contributed by atoms with Gasteiger partial charge in [-0.1, -0.05) is 30.3 Å². The van der Waals surface area contributed by atoms with Crippen molar-refractivity contribution in [2.45, 2.75) is 13.5 Å². The predicted octanol–water partition coefficient (Wildman–Crippen LogP) is 3.98. The highest BCUT2D eigenvalue weighted by Crippen LogP contribution is 2.25. The lowest BCUT2D eigenvalue weighted by molar-refractivity contribution is 0.308. The van der Waals surface area contributed by atoms with Crippen molar-refractivity contribution in [3.8, 4) is 5.75 Å². The molecule has 19 heavy (non-hydrogen) atoms. The minimum Gasteiger partial charge on any atom is -0.485 e. The first kappa shape index (κ1) is 12.2. The zero-order valence-electron chi connectivity index (χ0n) is 10.5. The molecule has 0 radical (unpaired) electrons. The predicted molar refractivity (Wildman–Crippen MR) is 78.4 cm³/mol. The van der Waals surface area contributed by atoms with Gasteiger partial charge >= 0.3 is 0 Å². The number of imidazole rings is 1. The molecule has 0 saturated heterocycles. The van der Waals surface area contributed by atoms with Gasteiger partial charge in [-0.25, -0.2) is 4.98 Å². The lowest BCUT2D eigenvalue weighted by Gasteiger charge is -2.08. The van der Waals surface area contributed by atoms with E-state index in [1.54, 1.807) is 0 Å². The van der Waals surface area contributed by atoms with E-state index in [0.717, 1.165) is 27.1 Å². The van der Waals surface area contributed by atoms with Crippen molar-refractivity contribution < 1.29 is 4.74 Å². The third-order valence-corrected chi connectivity index (χ3v) is 3.39. The van der Waals surface area contributed by atoms with Gasteiger partial charge < -0.3 is 9.14 Å². The monoisotopic (exact) mass is 316 g/mol. The maximum atomic E-state index is 5.89. The van der Waals surface area contributed by atoms with Crippen LogP contribution in [-0.4, -0.2) is 9.38 Å². The molecule has 2 heterocycles. The molecule has 3 nitrogen and oxygen atoms in total. The molecule has 0 N–H and O–H groups in total. The number of fused-ring (bicyclic) bond motifs is 1. The van der Waals surface area contributed by atoms with Crippen LogP contribution in [0.1, 0.15) is 11.3 Å². The van der Waals surface area contributed by atoms with E-state index in [2.05, 4.69) is 20.9 Å². The van der Waals surface area contributed by atoms with Crippen molar-refractivity contribution in [1.82, 2.24) is 9.38 Å². The zero-order chi connectivity index (χ0) is 13.2. The fourth-order valence-electron chi connectivity index (χ4n) is 1.98. The SMILES string of the molecule is Cc1cnc2c(OCc3ccccc3)cc(Br)cn12. The van der Waals surface area contributed by atoms with Gasteiger partial charge in [0.15, 0.2) is 11.4 Å². The molecule has 0 unspecified atom stereocenters. The number of aromatic nitrogens is 2. The second-order valence-corrected chi connectivity index (χ2v) is 5.31. The standard InChI is InChI=1S/C15H13BrN2O/c1-11-8-17-15-14(7-13(16)9-18(11)15)19-10-12-5-3-2-4-6-12/h2-9H,10H2,1H3. The molecule has 0 aliphatic carbocycles. The Balaban J connectivity index is 1.92. The van der Waals surface area contributed by atoms with Crippen LogP contribution in [0.2, 0.25) is 0 Å². The minimum atomic E-state index is 0.541. The smallest absolute Gasteiger partial charge is 0.179 e. The summed E-state index contributed by atoms with van der Waals surface area (Å²) >= 11 is 3.50. The Kier molecular flexibility index (Phi) is 3.25. The number of halogens is 1. The summed E-state index contributed by atoms with van der Waals surface area (Å²) in [6.45, 7) is 2.56. The second kappa shape index (κ2) is 5.05. The molecule has 0 spiro atoms. The molecule has 0 amide bonds. The summed E-state index contributed by atoms with van der Waals surface area (Å²) in [4.78, 5) is 4.39. The Bertz CT molecular complexity index is 707. The number of hydrogen-bond donors (Lipinski definition) is 0. The molecule has 0 bridgehead atoms. The van der Waals surface area contributed by atoms with Gasteiger partial charge in [0.2, 0.25) is 0 Å². The van der Waals surface area contributed by atoms with Crippen LogP contribution in [0.3, 0.4) is 0 Å². The first-order chi connectivity index (χ1) is 9.24. The highest BCUT2D eigenvalue weighted by atomic mass is 79.9. The number of pyridine rings is 1. The Morgan fingerprint density at radius 1 is 1.26 bits per heavy atom. The zero-order valence-corrected chi connectivity index (χ0v) is 12.1. The van der Waals surface area contributed by atoms with E-state index in [-0.39, 0.29) is 0 Å². The van der Waals surface area contributed by atoms with Gasteiger partial charge in [-0.2, -0.15) is 0 Å². The lowest BCUT2D eigenvalue weighted by atomic mass is 10.2. The average molecular weight is 317 g/mol. The van der Waals surface area contributed by atoms with Crippen LogP contribution in [0.25, 0.3) is 5.65 Å². The molecule has 96 valence electrons. The molecule has 0 aliphatic heterocycles. The summed E-state index contributed by atoms with van der Waals surface area (Å²) in [7, 11) is 0. The Morgan fingerprint density at radius 2 is 2.05 bits per heavy atom. The number of rotatable bonds is 3. The first-order valence-corrected chi connectivity index (χ1v) is 6.83. The van der Waals surface area contributed by atoms with E-state index < -0.39 is 0 Å². The quantitative estimate of drug-likeness (QED) is 0.730. The highest BCUT2D eigenvalue weighted by molar-refractivity contribution is 9.10. The Labute approximate surface area is 120 Å². The Morgan fingerprint density at radius 3 is 2.84 bits per heavy atom. The van der Waals surface area contributed by atoms with Crippen LogP contribution in [-0.2, 0) is 6.61 Å². The van der Waals surface area contributed by atoms with Crippen LogP contribution in [0.15, 0.2) is 53.3 Å². The van der Waals surface area contributed by atoms with Crippen molar-refractivity contribution in [2.75, 3.05) is 0 Å². The molecular formula is C15H13BrN2O. The van der Waals surface area contributed by atoms with Crippen LogP contribution >= 0.6 is 15.9 Å². The third kappa shape index (κ3) is 2.49. The van der Waals surface area contributed by atoms with Gasteiger partial charge in [-0.05, 0) is 34.5 Å². The summed E-state index contributed by atoms with van der Waals surface area (Å²) in [5.74, 6) is 0.784. The molecule has 0 aliphatic rings. The van der Waals surface area contributed by atoms with E-state index in [1.807, 2.05) is 60.1 Å². The van der Waals surface area contributed by atoms with E-state index in [9.17, 15) is 0 Å². The Hall–Kier alpha value is -1.81. The maximum Gasteiger partial charge on any atom is 0.179 e. The third-order valence-electron chi connectivity index (χ3n) is 2.96. The maximum absolute atomic E-state index is 5.89. The number of hydrogen-bond acceptors (Lipinski definition) is 2. The van der Waals surface area contributed by atoms with Gasteiger partial charge in [0.25, 0.3) is 0 Å². The van der Waals surface area contributed by atoms with E-state index in [1.165, 1.54) is 0 Å². The van der Waals surface area contributed by atoms with Crippen molar-refractivity contribution in [2.24, 2.45) is 0 Å². The fraction of sp³-hybridized carbons (Fsp3) is 0.133. The molecule has 3 rings (SSSR count). The van der Waals surface area contributed by atoms with Crippen molar-refractivity contribution >= 4 is 21.6 Å². The topological polar surface area (TPSA) is 26.5 Å². The molecule has 0 fully saturated rings.